The Morgan fingerprint density at radius 3 is 2.30 bits per heavy atom. The van der Waals surface area contributed by atoms with E-state index in [0.29, 0.717) is 0 Å². The van der Waals surface area contributed by atoms with Crippen molar-refractivity contribution in [3.8, 4) is 11.3 Å². The summed E-state index contributed by atoms with van der Waals surface area (Å²) in [6, 6.07) is 17.4. The summed E-state index contributed by atoms with van der Waals surface area (Å²) < 4.78 is 6.69. The van der Waals surface area contributed by atoms with E-state index in [1.165, 1.54) is 52.6 Å². The van der Waals surface area contributed by atoms with Crippen molar-refractivity contribution in [2.75, 3.05) is 0 Å². The van der Waals surface area contributed by atoms with Crippen molar-refractivity contribution < 1.29 is 34.4 Å². The minimum absolute atomic E-state index is 0. The van der Waals surface area contributed by atoms with Gasteiger partial charge in [0.05, 0.1) is 13.8 Å². The first kappa shape index (κ1) is 29.9. The quantitative estimate of drug-likeness (QED) is 0.0859. The van der Waals surface area contributed by atoms with Crippen LogP contribution in [0.15, 0.2) is 58.8 Å². The summed E-state index contributed by atoms with van der Waals surface area (Å²) in [6.07, 6.45) is 3.13. The van der Waals surface area contributed by atoms with Gasteiger partial charge in [-0.2, -0.15) is 0 Å². The molecule has 0 bridgehead atoms. The largest absolute Gasteiger partial charge is 0.512 e. The van der Waals surface area contributed by atoms with Crippen molar-refractivity contribution >= 4 is 51.8 Å². The number of aliphatic hydroxyl groups excluding tert-OH is 1. The molecule has 0 unspecified atom stereocenters. The molecule has 6 rings (SSSR count). The van der Waals surface area contributed by atoms with Gasteiger partial charge in [-0.15, -0.1) is 23.6 Å². The molecule has 5 aromatic rings. The van der Waals surface area contributed by atoms with Crippen LogP contribution in [0.3, 0.4) is 0 Å². The Balaban J connectivity index is 0.000000413. The number of hydrogen-bond acceptors (Lipinski definition) is 4. The number of nitrogens with zero attached hydrogens (tertiary/aromatic N) is 1. The van der Waals surface area contributed by atoms with E-state index in [-0.39, 0.29) is 37.1 Å². The van der Waals surface area contributed by atoms with Crippen molar-refractivity contribution in [1.82, 2.24) is 4.98 Å². The number of aliphatic hydroxyl groups is 1. The average Bonchev–Trinajstić information content (AvgIpc) is 3.20. The number of allylic oxidation sites excluding steroid dienone is 2. The standard InChI is InChI=1S/C29H28NOSi.C5H8O2.Ir/c1-16-8-9-18-13-20-22(14-19(18)12-16)29(3,4)21-10-11-23(32(5,6)7)28-24(21)25-26(20)30-15-17(2)27(25)31-28;1-4(6)3-5(2)7;/h8-12,14-15H,1-7H3;3,6H,1-2H3;/q-1;;/b;4-3-;. The van der Waals surface area contributed by atoms with Crippen LogP contribution in [0.4, 0.5) is 0 Å². The number of furan rings is 1. The molecule has 40 heavy (non-hydrogen) atoms. The second-order valence-corrected chi connectivity index (χ2v) is 17.4. The Bertz CT molecular complexity index is 1840. The summed E-state index contributed by atoms with van der Waals surface area (Å²) in [4.78, 5) is 15.0. The third-order valence-corrected chi connectivity index (χ3v) is 9.67. The molecule has 0 aliphatic heterocycles. The van der Waals surface area contributed by atoms with E-state index < -0.39 is 8.07 Å². The van der Waals surface area contributed by atoms with Crippen molar-refractivity contribution in [3.05, 3.63) is 82.8 Å². The minimum Gasteiger partial charge on any atom is -0.512 e. The molecule has 4 nitrogen and oxygen atoms in total. The molecule has 2 aromatic heterocycles. The molecule has 0 atom stereocenters. The summed E-state index contributed by atoms with van der Waals surface area (Å²) in [5, 5.41) is 14.5. The monoisotopic (exact) mass is 727 g/mol. The number of carbonyl (C=O) groups excluding carboxylic acids is 1. The van der Waals surface area contributed by atoms with Gasteiger partial charge in [-0.1, -0.05) is 79.8 Å². The molecular weight excluding hydrogens is 691 g/mol. The van der Waals surface area contributed by atoms with Gasteiger partial charge in [0.15, 0.2) is 5.78 Å². The van der Waals surface area contributed by atoms with Crippen LogP contribution in [0, 0.1) is 19.9 Å². The van der Waals surface area contributed by atoms with Crippen LogP contribution in [-0.4, -0.2) is 23.9 Å². The molecule has 1 aliphatic rings. The number of rotatable bonds is 2. The van der Waals surface area contributed by atoms with E-state index in [2.05, 4.69) is 89.8 Å². The SMILES string of the molecule is CC(=O)/C=C(/C)O.Cc1ccc2[c-]c3c(cc2c1)C(C)(C)c1ccc([Si](C)(C)C)c2oc4c(C)cnc-3c4c12.[Ir]. The fraction of sp³-hybridized carbons (Fsp3) is 0.294. The zero-order chi connectivity index (χ0) is 28.4. The number of fused-ring (bicyclic) bond motifs is 3. The Morgan fingerprint density at radius 1 is 1.00 bits per heavy atom. The van der Waals surface area contributed by atoms with Gasteiger partial charge in [0.1, 0.15) is 11.2 Å². The van der Waals surface area contributed by atoms with Gasteiger partial charge < -0.3 is 9.52 Å². The first-order chi connectivity index (χ1) is 18.2. The van der Waals surface area contributed by atoms with E-state index in [1.807, 2.05) is 6.20 Å². The van der Waals surface area contributed by atoms with Crippen molar-refractivity contribution in [2.24, 2.45) is 0 Å². The first-order valence-corrected chi connectivity index (χ1v) is 16.9. The van der Waals surface area contributed by atoms with Crippen LogP contribution in [0.5, 0.6) is 0 Å². The molecular formula is C34H36IrNO3Si-. The molecule has 6 heteroatoms. The predicted octanol–water partition coefficient (Wildman–Crippen LogP) is 8.44. The Hall–Kier alpha value is -3.05. The van der Waals surface area contributed by atoms with Crippen LogP contribution in [0.1, 0.15) is 49.9 Å². The zero-order valence-corrected chi connectivity index (χ0v) is 28.1. The van der Waals surface area contributed by atoms with E-state index >= 15 is 0 Å². The molecule has 2 heterocycles. The number of aryl methyl sites for hydroxylation is 2. The van der Waals surface area contributed by atoms with Gasteiger partial charge in [0, 0.05) is 54.4 Å². The van der Waals surface area contributed by atoms with Crippen LogP contribution in [0.25, 0.3) is 44.0 Å². The molecule has 0 saturated carbocycles. The number of carbonyl (C=O) groups is 1. The smallest absolute Gasteiger partial charge is 0.155 e. The van der Waals surface area contributed by atoms with E-state index in [0.717, 1.165) is 38.8 Å². The molecule has 209 valence electrons. The molecule has 0 fully saturated rings. The van der Waals surface area contributed by atoms with Crippen LogP contribution < -0.4 is 5.19 Å². The van der Waals surface area contributed by atoms with E-state index in [1.54, 1.807) is 0 Å². The molecule has 1 N–H and O–H groups in total. The van der Waals surface area contributed by atoms with Gasteiger partial charge in [-0.05, 0) is 43.9 Å². The maximum Gasteiger partial charge on any atom is 0.155 e. The summed E-state index contributed by atoms with van der Waals surface area (Å²) >= 11 is 0. The number of ketones is 1. The number of hydrogen-bond donors (Lipinski definition) is 1. The number of pyridine rings is 1. The van der Waals surface area contributed by atoms with Crippen LogP contribution in [-0.2, 0) is 30.3 Å². The maximum atomic E-state index is 10.0. The predicted molar refractivity (Wildman–Crippen MR) is 165 cm³/mol. The Morgan fingerprint density at radius 2 is 1.70 bits per heavy atom. The van der Waals surface area contributed by atoms with Gasteiger partial charge in [-0.3, -0.25) is 9.78 Å². The first-order valence-electron chi connectivity index (χ1n) is 13.4. The van der Waals surface area contributed by atoms with Gasteiger partial charge in [-0.25, -0.2) is 0 Å². The summed E-state index contributed by atoms with van der Waals surface area (Å²) in [5.74, 6) is -0.0625. The third kappa shape index (κ3) is 4.98. The van der Waals surface area contributed by atoms with Crippen molar-refractivity contribution in [1.29, 1.82) is 0 Å². The second-order valence-electron chi connectivity index (χ2n) is 12.4. The molecule has 1 aliphatic carbocycles. The summed E-state index contributed by atoms with van der Waals surface area (Å²) in [6.45, 7) is 18.9. The van der Waals surface area contributed by atoms with Crippen molar-refractivity contribution in [2.45, 2.75) is 66.6 Å². The fourth-order valence-corrected chi connectivity index (χ4v) is 7.20. The van der Waals surface area contributed by atoms with Crippen LogP contribution >= 0.6 is 0 Å². The van der Waals surface area contributed by atoms with Crippen molar-refractivity contribution in [3.63, 3.8) is 0 Å². The molecule has 1 radical (unpaired) electrons. The molecule has 0 saturated heterocycles. The van der Waals surface area contributed by atoms with E-state index in [9.17, 15) is 4.79 Å². The average molecular weight is 727 g/mol. The minimum atomic E-state index is -1.60. The van der Waals surface area contributed by atoms with Gasteiger partial charge in [0.25, 0.3) is 0 Å². The molecule has 3 aromatic carbocycles. The number of aromatic nitrogens is 1. The maximum absolute atomic E-state index is 10.0. The Kier molecular flexibility index (Phi) is 7.78. The third-order valence-electron chi connectivity index (χ3n) is 7.66. The fourth-order valence-electron chi connectivity index (χ4n) is 5.76. The zero-order valence-electron chi connectivity index (χ0n) is 24.7. The van der Waals surface area contributed by atoms with Crippen LogP contribution in [0.2, 0.25) is 19.6 Å². The van der Waals surface area contributed by atoms with Gasteiger partial charge in [0.2, 0.25) is 0 Å². The van der Waals surface area contributed by atoms with Gasteiger partial charge >= 0.3 is 0 Å². The number of benzene rings is 3. The molecule has 0 spiro atoms. The second kappa shape index (κ2) is 10.4. The molecule has 0 amide bonds. The Labute approximate surface area is 250 Å². The van der Waals surface area contributed by atoms with E-state index in [4.69, 9.17) is 14.5 Å². The summed E-state index contributed by atoms with van der Waals surface area (Å²) in [7, 11) is -1.60. The normalized spacial score (nSPS) is 14.0. The summed E-state index contributed by atoms with van der Waals surface area (Å²) in [5.41, 5.74) is 8.90. The topological polar surface area (TPSA) is 63.3 Å².